The van der Waals surface area contributed by atoms with E-state index in [-0.39, 0.29) is 18.7 Å². The Bertz CT molecular complexity index is 185. The van der Waals surface area contributed by atoms with Crippen LogP contribution in [0.5, 0.6) is 0 Å². The number of hydrogen-bond acceptors (Lipinski definition) is 6. The highest BCUT2D eigenvalue weighted by Gasteiger charge is 2.24. The Kier molecular flexibility index (Phi) is 12.6. The highest BCUT2D eigenvalue weighted by Crippen LogP contribution is 2.04. The van der Waals surface area contributed by atoms with Crippen LogP contribution in [-0.4, -0.2) is 81.9 Å². The fourth-order valence-electron chi connectivity index (χ4n) is 1.92. The zero-order valence-corrected chi connectivity index (χ0v) is 12.5. The van der Waals surface area contributed by atoms with Gasteiger partial charge in [-0.15, -0.1) is 0 Å². The van der Waals surface area contributed by atoms with Gasteiger partial charge >= 0.3 is 0 Å². The number of rotatable bonds is 13. The first-order valence-corrected chi connectivity index (χ1v) is 6.96. The number of aliphatic hydroxyl groups excluding tert-OH is 1. The molecule has 0 rings (SSSR count). The second kappa shape index (κ2) is 12.8. The van der Waals surface area contributed by atoms with Crippen LogP contribution in [0.3, 0.4) is 0 Å². The van der Waals surface area contributed by atoms with E-state index in [0.29, 0.717) is 33.0 Å². The summed E-state index contributed by atoms with van der Waals surface area (Å²) in [6, 6.07) is -0.362. The van der Waals surface area contributed by atoms with Crippen molar-refractivity contribution in [2.75, 3.05) is 59.8 Å². The Morgan fingerprint density at radius 3 is 2.00 bits per heavy atom. The molecule has 0 saturated heterocycles. The van der Waals surface area contributed by atoms with E-state index in [1.165, 1.54) is 0 Å². The summed E-state index contributed by atoms with van der Waals surface area (Å²) in [5, 5.41) is 9.55. The summed E-state index contributed by atoms with van der Waals surface area (Å²) in [5.74, 6) is 0. The van der Waals surface area contributed by atoms with Crippen LogP contribution in [0, 0.1) is 0 Å². The van der Waals surface area contributed by atoms with E-state index in [1.54, 1.807) is 7.11 Å². The van der Waals surface area contributed by atoms with Gasteiger partial charge in [0, 0.05) is 39.5 Å². The minimum atomic E-state index is -0.224. The van der Waals surface area contributed by atoms with Crippen molar-refractivity contribution in [3.63, 3.8) is 0 Å². The second-order valence-corrected chi connectivity index (χ2v) is 4.30. The lowest BCUT2D eigenvalue weighted by Crippen LogP contribution is -2.53. The third kappa shape index (κ3) is 8.52. The van der Waals surface area contributed by atoms with Crippen molar-refractivity contribution >= 4 is 0 Å². The zero-order valence-electron chi connectivity index (χ0n) is 12.5. The van der Waals surface area contributed by atoms with Crippen molar-refractivity contribution < 1.29 is 19.3 Å². The van der Waals surface area contributed by atoms with E-state index in [1.807, 2.05) is 13.8 Å². The van der Waals surface area contributed by atoms with Crippen LogP contribution in [0.15, 0.2) is 0 Å². The van der Waals surface area contributed by atoms with Gasteiger partial charge in [-0.3, -0.25) is 4.90 Å². The molecule has 0 aromatic heterocycles. The average molecular weight is 278 g/mol. The molecule has 116 valence electrons. The maximum absolute atomic E-state index is 9.55. The molecular formula is C13H30N2O4. The maximum Gasteiger partial charge on any atom is 0.0629 e. The fourth-order valence-corrected chi connectivity index (χ4v) is 1.92. The lowest BCUT2D eigenvalue weighted by Gasteiger charge is -2.33. The summed E-state index contributed by atoms with van der Waals surface area (Å²) in [5.41, 5.74) is 6.04. The van der Waals surface area contributed by atoms with Crippen molar-refractivity contribution in [1.82, 2.24) is 4.90 Å². The van der Waals surface area contributed by atoms with Crippen LogP contribution in [0.25, 0.3) is 0 Å². The van der Waals surface area contributed by atoms with Crippen LogP contribution < -0.4 is 5.73 Å². The minimum Gasteiger partial charge on any atom is -0.395 e. The molecule has 0 saturated carbocycles. The lowest BCUT2D eigenvalue weighted by molar-refractivity contribution is 0.0251. The summed E-state index contributed by atoms with van der Waals surface area (Å²) in [7, 11) is 1.61. The molecule has 19 heavy (non-hydrogen) atoms. The molecular weight excluding hydrogens is 248 g/mol. The van der Waals surface area contributed by atoms with E-state index in [0.717, 1.165) is 13.1 Å². The SMILES string of the molecule is CCOCCN(CCOCC)C(CO)C(N)COC. The van der Waals surface area contributed by atoms with Crippen molar-refractivity contribution in [1.29, 1.82) is 0 Å². The van der Waals surface area contributed by atoms with E-state index < -0.39 is 0 Å². The Morgan fingerprint density at radius 1 is 1.11 bits per heavy atom. The van der Waals surface area contributed by atoms with Gasteiger partial charge in [-0.1, -0.05) is 0 Å². The van der Waals surface area contributed by atoms with E-state index in [4.69, 9.17) is 19.9 Å². The van der Waals surface area contributed by atoms with Gasteiger partial charge in [0.05, 0.1) is 32.5 Å². The molecule has 0 amide bonds. The van der Waals surface area contributed by atoms with Gasteiger partial charge in [0.2, 0.25) is 0 Å². The third-order valence-corrected chi connectivity index (χ3v) is 2.96. The smallest absolute Gasteiger partial charge is 0.0629 e. The predicted molar refractivity (Wildman–Crippen MR) is 75.3 cm³/mol. The lowest BCUT2D eigenvalue weighted by atomic mass is 10.1. The van der Waals surface area contributed by atoms with Crippen molar-refractivity contribution in [3.8, 4) is 0 Å². The molecule has 0 aliphatic heterocycles. The number of ether oxygens (including phenoxy) is 3. The molecule has 2 atom stereocenters. The molecule has 0 heterocycles. The first-order chi connectivity index (χ1) is 9.21. The third-order valence-electron chi connectivity index (χ3n) is 2.96. The Morgan fingerprint density at radius 2 is 1.63 bits per heavy atom. The van der Waals surface area contributed by atoms with Gasteiger partial charge in [-0.2, -0.15) is 0 Å². The molecule has 6 heteroatoms. The topological polar surface area (TPSA) is 77.2 Å². The monoisotopic (exact) mass is 278 g/mol. The quantitative estimate of drug-likeness (QED) is 0.450. The summed E-state index contributed by atoms with van der Waals surface area (Å²) in [6.45, 7) is 8.43. The molecule has 0 aromatic carbocycles. The van der Waals surface area contributed by atoms with Crippen LogP contribution in [0.1, 0.15) is 13.8 Å². The second-order valence-electron chi connectivity index (χ2n) is 4.30. The van der Waals surface area contributed by atoms with Gasteiger partial charge in [0.1, 0.15) is 0 Å². The summed E-state index contributed by atoms with van der Waals surface area (Å²) < 4.78 is 15.8. The first-order valence-electron chi connectivity index (χ1n) is 6.96. The van der Waals surface area contributed by atoms with Gasteiger partial charge in [-0.05, 0) is 13.8 Å². The van der Waals surface area contributed by atoms with Crippen molar-refractivity contribution in [2.24, 2.45) is 5.73 Å². The summed E-state index contributed by atoms with van der Waals surface area (Å²) >= 11 is 0. The molecule has 0 bridgehead atoms. The predicted octanol–water partition coefficient (Wildman–Crippen LogP) is -0.304. The largest absolute Gasteiger partial charge is 0.395 e. The number of hydrogen-bond donors (Lipinski definition) is 2. The minimum absolute atomic E-state index is 0.00275. The molecule has 0 aliphatic rings. The molecule has 0 radical (unpaired) electrons. The standard InChI is InChI=1S/C13H30N2O4/c1-4-18-8-6-15(7-9-19-5-2)13(10-16)12(14)11-17-3/h12-13,16H,4-11,14H2,1-3H3. The van der Waals surface area contributed by atoms with Crippen LogP contribution >= 0.6 is 0 Å². The number of nitrogens with zero attached hydrogens (tertiary/aromatic N) is 1. The summed E-state index contributed by atoms with van der Waals surface area (Å²) in [4.78, 5) is 2.11. The Labute approximate surface area is 116 Å². The van der Waals surface area contributed by atoms with E-state index >= 15 is 0 Å². The normalized spacial score (nSPS) is 14.8. The highest BCUT2D eigenvalue weighted by atomic mass is 16.5. The molecule has 0 aromatic rings. The molecule has 0 fully saturated rings. The van der Waals surface area contributed by atoms with E-state index in [9.17, 15) is 5.11 Å². The highest BCUT2D eigenvalue weighted by molar-refractivity contribution is 4.81. The molecule has 0 spiro atoms. The van der Waals surface area contributed by atoms with E-state index in [2.05, 4.69) is 4.90 Å². The van der Waals surface area contributed by atoms with Gasteiger partial charge in [0.15, 0.2) is 0 Å². The summed E-state index contributed by atoms with van der Waals surface area (Å²) in [6.07, 6.45) is 0. The van der Waals surface area contributed by atoms with Gasteiger partial charge < -0.3 is 25.1 Å². The number of nitrogens with two attached hydrogens (primary N) is 1. The number of aliphatic hydroxyl groups is 1. The van der Waals surface area contributed by atoms with Crippen molar-refractivity contribution in [3.05, 3.63) is 0 Å². The molecule has 3 N–H and O–H groups in total. The fraction of sp³-hybridized carbons (Fsp3) is 1.00. The molecule has 6 nitrogen and oxygen atoms in total. The van der Waals surface area contributed by atoms with Crippen LogP contribution in [0.4, 0.5) is 0 Å². The van der Waals surface area contributed by atoms with Gasteiger partial charge in [0.25, 0.3) is 0 Å². The molecule has 2 unspecified atom stereocenters. The first kappa shape index (κ1) is 18.8. The Balaban J connectivity index is 4.36. The van der Waals surface area contributed by atoms with Crippen molar-refractivity contribution in [2.45, 2.75) is 25.9 Å². The zero-order chi connectivity index (χ0) is 14.5. The maximum atomic E-state index is 9.55. The Hall–Kier alpha value is -0.240. The van der Waals surface area contributed by atoms with Crippen LogP contribution in [-0.2, 0) is 14.2 Å². The molecule has 0 aliphatic carbocycles. The van der Waals surface area contributed by atoms with Crippen LogP contribution in [0.2, 0.25) is 0 Å². The number of methoxy groups -OCH3 is 1. The average Bonchev–Trinajstić information content (AvgIpc) is 2.40. The van der Waals surface area contributed by atoms with Gasteiger partial charge in [-0.25, -0.2) is 0 Å².